The minimum atomic E-state index is -3.41. The summed E-state index contributed by atoms with van der Waals surface area (Å²) < 4.78 is 28.6. The summed E-state index contributed by atoms with van der Waals surface area (Å²) in [4.78, 5) is 0.349. The smallest absolute Gasteiger partial charge is 0.246 e. The molecule has 0 spiro atoms. The zero-order valence-electron chi connectivity index (χ0n) is 12.0. The van der Waals surface area contributed by atoms with E-state index >= 15 is 0 Å². The number of aromatic nitrogens is 2. The maximum Gasteiger partial charge on any atom is 0.246 e. The summed E-state index contributed by atoms with van der Waals surface area (Å²) >= 11 is 0. The summed E-state index contributed by atoms with van der Waals surface area (Å²) in [5, 5.41) is 4.14. The zero-order chi connectivity index (χ0) is 14.0. The van der Waals surface area contributed by atoms with Gasteiger partial charge < -0.3 is 0 Å². The van der Waals surface area contributed by atoms with Crippen molar-refractivity contribution in [1.82, 2.24) is 14.1 Å². The Kier molecular flexibility index (Phi) is 4.30. The highest BCUT2D eigenvalue weighted by atomic mass is 32.2. The highest BCUT2D eigenvalue weighted by Crippen LogP contribution is 2.27. The number of aryl methyl sites for hydroxylation is 1. The van der Waals surface area contributed by atoms with Crippen LogP contribution in [0.2, 0.25) is 0 Å². The second-order valence-electron chi connectivity index (χ2n) is 5.22. The van der Waals surface area contributed by atoms with E-state index in [0.29, 0.717) is 11.4 Å². The van der Waals surface area contributed by atoms with Crippen LogP contribution in [-0.2, 0) is 16.6 Å². The molecular weight excluding hydrogens is 262 g/mol. The lowest BCUT2D eigenvalue weighted by Gasteiger charge is -2.30. The van der Waals surface area contributed by atoms with Crippen molar-refractivity contribution in [2.45, 2.75) is 63.4 Å². The van der Waals surface area contributed by atoms with Crippen molar-refractivity contribution in [2.75, 3.05) is 7.05 Å². The van der Waals surface area contributed by atoms with E-state index in [0.717, 1.165) is 31.4 Å². The monoisotopic (exact) mass is 285 g/mol. The molecular formula is C13H23N3O2S. The molecule has 108 valence electrons. The second kappa shape index (κ2) is 5.63. The van der Waals surface area contributed by atoms with Gasteiger partial charge in [-0.25, -0.2) is 8.42 Å². The van der Waals surface area contributed by atoms with Gasteiger partial charge in [0.25, 0.3) is 0 Å². The van der Waals surface area contributed by atoms with Gasteiger partial charge in [-0.05, 0) is 26.7 Å². The first-order valence-corrected chi connectivity index (χ1v) is 8.43. The Morgan fingerprint density at radius 2 is 2.00 bits per heavy atom. The predicted molar refractivity (Wildman–Crippen MR) is 74.5 cm³/mol. The second-order valence-corrected chi connectivity index (χ2v) is 7.19. The van der Waals surface area contributed by atoms with Crippen LogP contribution in [0.4, 0.5) is 0 Å². The van der Waals surface area contributed by atoms with E-state index in [1.54, 1.807) is 16.0 Å². The minimum absolute atomic E-state index is 0.142. The van der Waals surface area contributed by atoms with Gasteiger partial charge in [-0.2, -0.15) is 9.40 Å². The molecule has 0 aliphatic heterocycles. The van der Waals surface area contributed by atoms with Crippen LogP contribution in [0.3, 0.4) is 0 Å². The van der Waals surface area contributed by atoms with Crippen molar-refractivity contribution in [3.63, 3.8) is 0 Å². The van der Waals surface area contributed by atoms with Crippen LogP contribution in [0.15, 0.2) is 11.1 Å². The van der Waals surface area contributed by atoms with Gasteiger partial charge in [0.15, 0.2) is 0 Å². The van der Waals surface area contributed by atoms with E-state index in [1.165, 1.54) is 12.6 Å². The molecule has 5 nitrogen and oxygen atoms in total. The maximum atomic E-state index is 12.7. The molecule has 0 saturated heterocycles. The molecule has 0 N–H and O–H groups in total. The molecule has 0 unspecified atom stereocenters. The third-order valence-corrected chi connectivity index (χ3v) is 6.12. The fourth-order valence-corrected chi connectivity index (χ4v) is 4.37. The van der Waals surface area contributed by atoms with Gasteiger partial charge in [-0.1, -0.05) is 19.3 Å². The molecule has 0 radical (unpaired) electrons. The Bertz CT molecular complexity index is 530. The Balaban J connectivity index is 2.27. The number of hydrogen-bond donors (Lipinski definition) is 0. The lowest BCUT2D eigenvalue weighted by molar-refractivity contribution is 0.285. The molecule has 6 heteroatoms. The predicted octanol–water partition coefficient (Wildman–Crippen LogP) is 2.16. The topological polar surface area (TPSA) is 55.2 Å². The SMILES string of the molecule is CCn1ncc(S(=O)(=O)N(C)C2CCCCC2)c1C. The van der Waals surface area contributed by atoms with E-state index in [2.05, 4.69) is 5.10 Å². The maximum absolute atomic E-state index is 12.7. The van der Waals surface area contributed by atoms with E-state index in [4.69, 9.17) is 0 Å². The quantitative estimate of drug-likeness (QED) is 0.852. The minimum Gasteiger partial charge on any atom is -0.269 e. The van der Waals surface area contributed by atoms with Crippen LogP contribution >= 0.6 is 0 Å². The van der Waals surface area contributed by atoms with E-state index in [-0.39, 0.29) is 6.04 Å². The first kappa shape index (κ1) is 14.5. The highest BCUT2D eigenvalue weighted by molar-refractivity contribution is 7.89. The molecule has 0 bridgehead atoms. The van der Waals surface area contributed by atoms with Gasteiger partial charge in [-0.3, -0.25) is 4.68 Å². The largest absolute Gasteiger partial charge is 0.269 e. The standard InChI is InChI=1S/C13H23N3O2S/c1-4-16-11(2)13(10-14-16)19(17,18)15(3)12-8-6-5-7-9-12/h10,12H,4-9H2,1-3H3. The van der Waals surface area contributed by atoms with E-state index in [9.17, 15) is 8.42 Å². The lowest BCUT2D eigenvalue weighted by atomic mass is 9.96. The van der Waals surface area contributed by atoms with Crippen LogP contribution in [0.5, 0.6) is 0 Å². The van der Waals surface area contributed by atoms with Gasteiger partial charge in [0.2, 0.25) is 10.0 Å². The number of rotatable bonds is 4. The van der Waals surface area contributed by atoms with Gasteiger partial charge in [-0.15, -0.1) is 0 Å². The highest BCUT2D eigenvalue weighted by Gasteiger charge is 2.31. The fourth-order valence-electron chi connectivity index (χ4n) is 2.80. The van der Waals surface area contributed by atoms with Gasteiger partial charge >= 0.3 is 0 Å². The Hall–Kier alpha value is -0.880. The van der Waals surface area contributed by atoms with Crippen molar-refractivity contribution in [3.05, 3.63) is 11.9 Å². The average Bonchev–Trinajstić information content (AvgIpc) is 2.80. The van der Waals surface area contributed by atoms with E-state index < -0.39 is 10.0 Å². The number of hydrogen-bond acceptors (Lipinski definition) is 3. The van der Waals surface area contributed by atoms with Crippen LogP contribution in [0, 0.1) is 6.92 Å². The summed E-state index contributed by atoms with van der Waals surface area (Å²) in [7, 11) is -1.71. The summed E-state index contributed by atoms with van der Waals surface area (Å²) in [6.45, 7) is 4.47. The Morgan fingerprint density at radius 1 is 1.37 bits per heavy atom. The molecule has 19 heavy (non-hydrogen) atoms. The molecule has 2 rings (SSSR count). The molecule has 1 aliphatic rings. The van der Waals surface area contributed by atoms with Gasteiger partial charge in [0.05, 0.1) is 11.9 Å². The third kappa shape index (κ3) is 2.69. The molecule has 0 amide bonds. The number of sulfonamides is 1. The molecule has 0 aromatic carbocycles. The van der Waals surface area contributed by atoms with Crippen molar-refractivity contribution in [2.24, 2.45) is 0 Å². The van der Waals surface area contributed by atoms with Crippen LogP contribution < -0.4 is 0 Å². The molecule has 1 saturated carbocycles. The summed E-state index contributed by atoms with van der Waals surface area (Å²) in [5.74, 6) is 0. The molecule has 1 aromatic rings. The first-order chi connectivity index (χ1) is 8.98. The number of nitrogens with zero attached hydrogens (tertiary/aromatic N) is 3. The van der Waals surface area contributed by atoms with Gasteiger partial charge in [0, 0.05) is 19.6 Å². The first-order valence-electron chi connectivity index (χ1n) is 6.99. The summed E-state index contributed by atoms with van der Waals surface area (Å²) in [6, 6.07) is 0.142. The molecule has 1 aliphatic carbocycles. The zero-order valence-corrected chi connectivity index (χ0v) is 12.8. The molecule has 1 heterocycles. The summed E-state index contributed by atoms with van der Waals surface area (Å²) in [5.41, 5.74) is 0.727. The van der Waals surface area contributed by atoms with Crippen molar-refractivity contribution in [3.8, 4) is 0 Å². The van der Waals surface area contributed by atoms with Gasteiger partial charge in [0.1, 0.15) is 4.90 Å². The molecule has 1 fully saturated rings. The van der Waals surface area contributed by atoms with Crippen LogP contribution in [0.1, 0.15) is 44.7 Å². The fraction of sp³-hybridized carbons (Fsp3) is 0.769. The normalized spacial score (nSPS) is 18.1. The third-order valence-electron chi connectivity index (χ3n) is 4.10. The average molecular weight is 285 g/mol. The van der Waals surface area contributed by atoms with Crippen molar-refractivity contribution in [1.29, 1.82) is 0 Å². The molecule has 0 atom stereocenters. The molecule has 1 aromatic heterocycles. The lowest BCUT2D eigenvalue weighted by Crippen LogP contribution is -2.38. The Labute approximate surface area is 115 Å². The van der Waals surface area contributed by atoms with Crippen LogP contribution in [-0.4, -0.2) is 35.6 Å². The summed E-state index contributed by atoms with van der Waals surface area (Å²) in [6.07, 6.45) is 6.88. The van der Waals surface area contributed by atoms with Crippen molar-refractivity contribution < 1.29 is 8.42 Å². The van der Waals surface area contributed by atoms with Crippen molar-refractivity contribution >= 4 is 10.0 Å². The van der Waals surface area contributed by atoms with Crippen LogP contribution in [0.25, 0.3) is 0 Å². The van der Waals surface area contributed by atoms with E-state index in [1.807, 2.05) is 13.8 Å². The Morgan fingerprint density at radius 3 is 2.53 bits per heavy atom.